The van der Waals surface area contributed by atoms with Crippen LogP contribution in [0, 0.1) is 0 Å². The summed E-state index contributed by atoms with van der Waals surface area (Å²) in [5.74, 6) is 0.771. The Morgan fingerprint density at radius 3 is 2.14 bits per heavy atom. The van der Waals surface area contributed by atoms with E-state index in [1.54, 1.807) is 7.05 Å². The SMILES string of the molecule is CN=C(NCC(CO)c1ccccc1)NCC(c1ccccc1)N1CCOCC1. The first-order chi connectivity index (χ1) is 14.3. The number of nitrogens with one attached hydrogen (secondary N) is 2. The smallest absolute Gasteiger partial charge is 0.191 e. The van der Waals surface area contributed by atoms with Gasteiger partial charge < -0.3 is 20.5 Å². The number of guanidine groups is 1. The molecule has 6 heteroatoms. The number of hydrogen-bond donors (Lipinski definition) is 3. The van der Waals surface area contributed by atoms with Gasteiger partial charge >= 0.3 is 0 Å². The predicted molar refractivity (Wildman–Crippen MR) is 117 cm³/mol. The van der Waals surface area contributed by atoms with E-state index in [1.807, 2.05) is 36.4 Å². The van der Waals surface area contributed by atoms with Crippen LogP contribution >= 0.6 is 0 Å². The van der Waals surface area contributed by atoms with E-state index in [0.29, 0.717) is 6.54 Å². The summed E-state index contributed by atoms with van der Waals surface area (Å²) in [6.07, 6.45) is 0. The standard InChI is InChI=1S/C23H32N4O2/c1-24-23(25-16-21(18-28)19-8-4-2-5-9-19)26-17-22(20-10-6-3-7-11-20)27-12-14-29-15-13-27/h2-11,21-22,28H,12-18H2,1H3,(H2,24,25,26). The van der Waals surface area contributed by atoms with Crippen molar-refractivity contribution >= 4 is 5.96 Å². The van der Waals surface area contributed by atoms with Crippen molar-refractivity contribution in [2.24, 2.45) is 4.99 Å². The highest BCUT2D eigenvalue weighted by Crippen LogP contribution is 2.21. The van der Waals surface area contributed by atoms with E-state index in [-0.39, 0.29) is 18.6 Å². The minimum atomic E-state index is 0.0268. The molecule has 0 radical (unpaired) electrons. The molecular weight excluding hydrogens is 364 g/mol. The monoisotopic (exact) mass is 396 g/mol. The molecule has 3 N–H and O–H groups in total. The molecule has 0 aromatic heterocycles. The number of rotatable bonds is 8. The van der Waals surface area contributed by atoms with E-state index in [1.165, 1.54) is 5.56 Å². The number of aliphatic imine (C=N–C) groups is 1. The fraction of sp³-hybridized carbons (Fsp3) is 0.435. The summed E-state index contributed by atoms with van der Waals surface area (Å²) in [5.41, 5.74) is 2.41. The average molecular weight is 397 g/mol. The summed E-state index contributed by atoms with van der Waals surface area (Å²) in [4.78, 5) is 6.83. The van der Waals surface area contributed by atoms with Crippen molar-refractivity contribution in [3.05, 3.63) is 71.8 Å². The summed E-state index contributed by atoms with van der Waals surface area (Å²) in [6, 6.07) is 20.9. The van der Waals surface area contributed by atoms with Gasteiger partial charge in [-0.05, 0) is 11.1 Å². The highest BCUT2D eigenvalue weighted by atomic mass is 16.5. The van der Waals surface area contributed by atoms with Gasteiger partial charge in [-0.25, -0.2) is 0 Å². The van der Waals surface area contributed by atoms with Crippen LogP contribution in [-0.4, -0.2) is 69.0 Å². The van der Waals surface area contributed by atoms with Crippen LogP contribution < -0.4 is 10.6 Å². The lowest BCUT2D eigenvalue weighted by atomic mass is 10.0. The Morgan fingerprint density at radius 2 is 1.55 bits per heavy atom. The minimum absolute atomic E-state index is 0.0268. The third kappa shape index (κ3) is 6.29. The van der Waals surface area contributed by atoms with Crippen LogP contribution in [0.4, 0.5) is 0 Å². The van der Waals surface area contributed by atoms with E-state index < -0.39 is 0 Å². The van der Waals surface area contributed by atoms with Gasteiger partial charge in [0.15, 0.2) is 5.96 Å². The van der Waals surface area contributed by atoms with E-state index in [0.717, 1.165) is 44.4 Å². The maximum absolute atomic E-state index is 9.78. The van der Waals surface area contributed by atoms with Crippen LogP contribution in [0.1, 0.15) is 23.1 Å². The van der Waals surface area contributed by atoms with Gasteiger partial charge in [0.2, 0.25) is 0 Å². The zero-order valence-electron chi connectivity index (χ0n) is 17.1. The second kappa shape index (κ2) is 11.6. The van der Waals surface area contributed by atoms with E-state index in [2.05, 4.69) is 44.8 Å². The molecule has 0 bridgehead atoms. The number of aliphatic hydroxyl groups is 1. The Kier molecular flexibility index (Phi) is 8.49. The second-order valence-corrected chi connectivity index (χ2v) is 7.20. The minimum Gasteiger partial charge on any atom is -0.396 e. The number of benzene rings is 2. The van der Waals surface area contributed by atoms with Gasteiger partial charge in [-0.3, -0.25) is 9.89 Å². The molecule has 0 amide bonds. The quantitative estimate of drug-likeness (QED) is 0.470. The molecular formula is C23H32N4O2. The van der Waals surface area contributed by atoms with Gasteiger partial charge in [0.1, 0.15) is 0 Å². The predicted octanol–water partition coefficient (Wildman–Crippen LogP) is 2.00. The van der Waals surface area contributed by atoms with Crippen molar-refractivity contribution in [3.8, 4) is 0 Å². The Labute approximate surface area is 173 Å². The Bertz CT molecular complexity index is 733. The van der Waals surface area contributed by atoms with Gasteiger partial charge in [0, 0.05) is 39.1 Å². The summed E-state index contributed by atoms with van der Waals surface area (Å²) in [5, 5.41) is 16.6. The average Bonchev–Trinajstić information content (AvgIpc) is 2.80. The van der Waals surface area contributed by atoms with Crippen LogP contribution in [0.25, 0.3) is 0 Å². The molecule has 1 aliphatic rings. The first-order valence-electron chi connectivity index (χ1n) is 10.3. The van der Waals surface area contributed by atoms with Crippen molar-refractivity contribution in [2.45, 2.75) is 12.0 Å². The first kappa shape index (κ1) is 21.3. The fourth-order valence-corrected chi connectivity index (χ4v) is 3.67. The van der Waals surface area contributed by atoms with Crippen LogP contribution in [-0.2, 0) is 4.74 Å². The molecule has 0 spiro atoms. The molecule has 0 saturated carbocycles. The van der Waals surface area contributed by atoms with Crippen LogP contribution in [0.3, 0.4) is 0 Å². The Balaban J connectivity index is 1.59. The van der Waals surface area contributed by atoms with Crippen LogP contribution in [0.5, 0.6) is 0 Å². The van der Waals surface area contributed by atoms with Gasteiger partial charge in [-0.2, -0.15) is 0 Å². The van der Waals surface area contributed by atoms with Crippen LogP contribution in [0.15, 0.2) is 65.7 Å². The largest absolute Gasteiger partial charge is 0.396 e. The van der Waals surface area contributed by atoms with E-state index in [4.69, 9.17) is 4.74 Å². The molecule has 1 heterocycles. The summed E-state index contributed by atoms with van der Waals surface area (Å²) >= 11 is 0. The highest BCUT2D eigenvalue weighted by Gasteiger charge is 2.23. The van der Waals surface area contributed by atoms with E-state index in [9.17, 15) is 5.11 Å². The molecule has 2 atom stereocenters. The molecule has 1 aliphatic heterocycles. The summed E-state index contributed by atoms with van der Waals surface area (Å²) < 4.78 is 5.53. The fourth-order valence-electron chi connectivity index (χ4n) is 3.67. The van der Waals surface area contributed by atoms with Crippen molar-refractivity contribution in [2.75, 3.05) is 53.0 Å². The molecule has 0 aliphatic carbocycles. The number of nitrogens with zero attached hydrogens (tertiary/aromatic N) is 2. The van der Waals surface area contributed by atoms with Crippen molar-refractivity contribution < 1.29 is 9.84 Å². The maximum Gasteiger partial charge on any atom is 0.191 e. The molecule has 29 heavy (non-hydrogen) atoms. The molecule has 156 valence electrons. The van der Waals surface area contributed by atoms with Crippen molar-refractivity contribution in [3.63, 3.8) is 0 Å². The van der Waals surface area contributed by atoms with Gasteiger partial charge in [0.05, 0.1) is 25.9 Å². The van der Waals surface area contributed by atoms with Gasteiger partial charge in [0.25, 0.3) is 0 Å². The lowest BCUT2D eigenvalue weighted by Gasteiger charge is -2.35. The van der Waals surface area contributed by atoms with Gasteiger partial charge in [-0.15, -0.1) is 0 Å². The number of hydrogen-bond acceptors (Lipinski definition) is 4. The number of morpholine rings is 1. The number of ether oxygens (including phenoxy) is 1. The Hall–Kier alpha value is -2.41. The highest BCUT2D eigenvalue weighted by molar-refractivity contribution is 5.79. The van der Waals surface area contributed by atoms with Gasteiger partial charge in [-0.1, -0.05) is 60.7 Å². The van der Waals surface area contributed by atoms with E-state index >= 15 is 0 Å². The Morgan fingerprint density at radius 1 is 0.966 bits per heavy atom. The summed E-state index contributed by atoms with van der Waals surface area (Å²) in [7, 11) is 1.78. The van der Waals surface area contributed by atoms with Crippen LogP contribution in [0.2, 0.25) is 0 Å². The molecule has 2 unspecified atom stereocenters. The molecule has 1 fully saturated rings. The second-order valence-electron chi connectivity index (χ2n) is 7.20. The normalized spacial score (nSPS) is 17.5. The molecule has 6 nitrogen and oxygen atoms in total. The maximum atomic E-state index is 9.78. The lowest BCUT2D eigenvalue weighted by molar-refractivity contribution is 0.0170. The third-order valence-electron chi connectivity index (χ3n) is 5.36. The van der Waals surface area contributed by atoms with Crippen molar-refractivity contribution in [1.29, 1.82) is 0 Å². The first-order valence-corrected chi connectivity index (χ1v) is 10.3. The molecule has 2 aromatic carbocycles. The number of aliphatic hydroxyl groups excluding tert-OH is 1. The lowest BCUT2D eigenvalue weighted by Crippen LogP contribution is -2.47. The van der Waals surface area contributed by atoms with Crippen molar-refractivity contribution in [1.82, 2.24) is 15.5 Å². The third-order valence-corrected chi connectivity index (χ3v) is 5.36. The summed E-state index contributed by atoms with van der Waals surface area (Å²) in [6.45, 7) is 4.85. The zero-order valence-corrected chi connectivity index (χ0v) is 17.1. The molecule has 1 saturated heterocycles. The zero-order chi connectivity index (χ0) is 20.3. The topological polar surface area (TPSA) is 69.1 Å². The molecule has 3 rings (SSSR count). The molecule has 2 aromatic rings.